The van der Waals surface area contributed by atoms with Gasteiger partial charge in [-0.15, -0.1) is 0 Å². The van der Waals surface area contributed by atoms with Crippen LogP contribution in [0.3, 0.4) is 0 Å². The summed E-state index contributed by atoms with van der Waals surface area (Å²) < 4.78 is 5.86. The Morgan fingerprint density at radius 2 is 1.58 bits per heavy atom. The number of rotatable bonds is 2. The molecular weight excluding hydrogens is 240 g/mol. The van der Waals surface area contributed by atoms with Crippen LogP contribution in [0.1, 0.15) is 43.8 Å². The zero-order chi connectivity index (χ0) is 12.7. The van der Waals surface area contributed by atoms with Gasteiger partial charge in [0.2, 0.25) is 0 Å². The predicted octanol–water partition coefficient (Wildman–Crippen LogP) is 3.41. The summed E-state index contributed by atoms with van der Waals surface area (Å²) >= 11 is 0. The van der Waals surface area contributed by atoms with Gasteiger partial charge in [0.05, 0.1) is 0 Å². The molecule has 1 saturated carbocycles. The third-order valence-corrected chi connectivity index (χ3v) is 4.70. The van der Waals surface area contributed by atoms with Crippen LogP contribution in [0.5, 0.6) is 0 Å². The van der Waals surface area contributed by atoms with Crippen LogP contribution in [0, 0.1) is 5.92 Å². The van der Waals surface area contributed by atoms with Crippen LogP contribution >= 0.6 is 0 Å². The van der Waals surface area contributed by atoms with E-state index in [0.29, 0.717) is 5.92 Å². The maximum Gasteiger partial charge on any atom is 0.147 e. The van der Waals surface area contributed by atoms with Gasteiger partial charge >= 0.3 is 0 Å². The molecule has 3 fully saturated rings. The van der Waals surface area contributed by atoms with Gasteiger partial charge in [-0.1, -0.05) is 49.6 Å². The van der Waals surface area contributed by atoms with Crippen LogP contribution in [0.4, 0.5) is 0 Å². The van der Waals surface area contributed by atoms with E-state index in [1.807, 2.05) is 18.2 Å². The zero-order valence-electron chi connectivity index (χ0n) is 11.0. The molecule has 3 nitrogen and oxygen atoms in total. The quantitative estimate of drug-likeness (QED) is 0.603. The number of fused-ring (bicyclic) bond motifs is 1. The minimum absolute atomic E-state index is 0.0500. The lowest BCUT2D eigenvalue weighted by molar-refractivity contribution is -0.376. The number of hydrogen-bond donors (Lipinski definition) is 0. The summed E-state index contributed by atoms with van der Waals surface area (Å²) in [5.74, 6) is 0.625. The van der Waals surface area contributed by atoms with Crippen molar-refractivity contribution < 1.29 is 14.5 Å². The molecule has 0 radical (unpaired) electrons. The van der Waals surface area contributed by atoms with Gasteiger partial charge in [0.15, 0.2) is 0 Å². The molecule has 4 atom stereocenters. The van der Waals surface area contributed by atoms with Crippen molar-refractivity contribution in [1.82, 2.24) is 0 Å². The largest absolute Gasteiger partial charge is 0.363 e. The molecule has 0 spiro atoms. The lowest BCUT2D eigenvalue weighted by Gasteiger charge is -2.32. The first-order chi connectivity index (χ1) is 9.43. The molecular formula is C16H20O3. The monoisotopic (exact) mass is 260 g/mol. The summed E-state index contributed by atoms with van der Waals surface area (Å²) in [6.45, 7) is 0. The minimum Gasteiger partial charge on any atom is -0.363 e. The Balaban J connectivity index is 1.45. The molecule has 0 amide bonds. The van der Waals surface area contributed by atoms with Crippen molar-refractivity contribution >= 4 is 0 Å². The molecule has 0 unspecified atom stereocenters. The Hall–Kier alpha value is -0.900. The number of hydrogen-bond acceptors (Lipinski definition) is 3. The van der Waals surface area contributed by atoms with E-state index < -0.39 is 0 Å². The van der Waals surface area contributed by atoms with Gasteiger partial charge < -0.3 is 4.74 Å². The summed E-state index contributed by atoms with van der Waals surface area (Å²) in [7, 11) is 0. The highest BCUT2D eigenvalue weighted by Crippen LogP contribution is 2.47. The van der Waals surface area contributed by atoms with Gasteiger partial charge in [-0.05, 0) is 24.3 Å². The molecule has 102 valence electrons. The highest BCUT2D eigenvalue weighted by molar-refractivity contribution is 5.21. The number of ether oxygens (including phenoxy) is 1. The second-order valence-corrected chi connectivity index (χ2v) is 5.95. The van der Waals surface area contributed by atoms with Crippen LogP contribution in [0.2, 0.25) is 0 Å². The van der Waals surface area contributed by atoms with Crippen molar-refractivity contribution in [1.29, 1.82) is 0 Å². The van der Waals surface area contributed by atoms with Crippen molar-refractivity contribution in [2.45, 2.75) is 56.5 Å². The Labute approximate surface area is 113 Å². The highest BCUT2D eigenvalue weighted by atomic mass is 17.2. The fourth-order valence-corrected chi connectivity index (χ4v) is 3.58. The molecule has 1 aliphatic carbocycles. The molecule has 3 aliphatic rings. The van der Waals surface area contributed by atoms with E-state index in [0.717, 1.165) is 5.56 Å². The van der Waals surface area contributed by atoms with E-state index in [2.05, 4.69) is 12.1 Å². The second kappa shape index (κ2) is 4.89. The lowest BCUT2D eigenvalue weighted by Crippen LogP contribution is -2.37. The van der Waals surface area contributed by atoms with Gasteiger partial charge in [-0.2, -0.15) is 0 Å². The van der Waals surface area contributed by atoms with E-state index in [9.17, 15) is 0 Å². The average molecular weight is 260 g/mol. The summed E-state index contributed by atoms with van der Waals surface area (Å²) in [5.41, 5.74) is 1.15. The van der Waals surface area contributed by atoms with Crippen molar-refractivity contribution in [2.75, 3.05) is 0 Å². The van der Waals surface area contributed by atoms with Gasteiger partial charge in [0, 0.05) is 0 Å². The Kier molecular flexibility index (Phi) is 3.06. The van der Waals surface area contributed by atoms with E-state index in [1.54, 1.807) is 0 Å². The predicted molar refractivity (Wildman–Crippen MR) is 70.4 cm³/mol. The molecule has 19 heavy (non-hydrogen) atoms. The first-order valence-electron chi connectivity index (χ1n) is 7.46. The molecule has 0 aromatic heterocycles. The third-order valence-electron chi connectivity index (χ3n) is 4.70. The van der Waals surface area contributed by atoms with Crippen LogP contribution < -0.4 is 0 Å². The van der Waals surface area contributed by atoms with Gasteiger partial charge in [-0.3, -0.25) is 0 Å². The van der Waals surface area contributed by atoms with E-state index in [-0.39, 0.29) is 24.4 Å². The minimum atomic E-state index is -0.0500. The molecule has 2 saturated heterocycles. The number of benzene rings is 1. The van der Waals surface area contributed by atoms with Crippen LogP contribution in [0.25, 0.3) is 0 Å². The van der Waals surface area contributed by atoms with Crippen molar-refractivity contribution in [3.05, 3.63) is 35.9 Å². The topological polar surface area (TPSA) is 31.0 Å². The van der Waals surface area contributed by atoms with Crippen LogP contribution in [0.15, 0.2) is 30.3 Å². The Bertz CT molecular complexity index is 427. The van der Waals surface area contributed by atoms with E-state index in [4.69, 9.17) is 14.5 Å². The van der Waals surface area contributed by atoms with Crippen molar-refractivity contribution in [3.8, 4) is 0 Å². The smallest absolute Gasteiger partial charge is 0.147 e. The highest BCUT2D eigenvalue weighted by Gasteiger charge is 2.57. The summed E-state index contributed by atoms with van der Waals surface area (Å²) in [6, 6.07) is 10.2. The molecule has 2 heterocycles. The van der Waals surface area contributed by atoms with E-state index in [1.165, 1.54) is 32.1 Å². The standard InChI is InChI=1S/C16H20O3/c1-3-7-11(8-4-1)13-15-16(17-15)14(19-18-13)12-9-5-2-6-10-12/h1,3-4,7-8,12-16H,2,5-6,9-10H2/t13-,14+,15-,16+/m0/s1. The maximum atomic E-state index is 5.86. The van der Waals surface area contributed by atoms with E-state index >= 15 is 0 Å². The molecule has 2 aliphatic heterocycles. The second-order valence-electron chi connectivity index (χ2n) is 5.95. The van der Waals surface area contributed by atoms with Crippen molar-refractivity contribution in [2.24, 2.45) is 5.92 Å². The lowest BCUT2D eigenvalue weighted by atomic mass is 9.83. The normalized spacial score (nSPS) is 38.7. The third kappa shape index (κ3) is 2.20. The van der Waals surface area contributed by atoms with Crippen molar-refractivity contribution in [3.63, 3.8) is 0 Å². The first-order valence-corrected chi connectivity index (χ1v) is 7.46. The van der Waals surface area contributed by atoms with Crippen LogP contribution in [-0.4, -0.2) is 18.3 Å². The number of epoxide rings is 1. The zero-order valence-corrected chi connectivity index (χ0v) is 11.0. The fourth-order valence-electron chi connectivity index (χ4n) is 3.58. The summed E-state index contributed by atoms with van der Waals surface area (Å²) in [6.07, 6.45) is 7.09. The maximum absolute atomic E-state index is 5.86. The average Bonchev–Trinajstić information content (AvgIpc) is 3.28. The Morgan fingerprint density at radius 3 is 2.37 bits per heavy atom. The van der Waals surface area contributed by atoms with Gasteiger partial charge in [0.1, 0.15) is 24.4 Å². The molecule has 1 aromatic carbocycles. The first kappa shape index (κ1) is 11.9. The molecule has 3 heteroatoms. The molecule has 1 aromatic rings. The van der Waals surface area contributed by atoms with Gasteiger partial charge in [0.25, 0.3) is 0 Å². The summed E-state index contributed by atoms with van der Waals surface area (Å²) in [5, 5.41) is 0. The van der Waals surface area contributed by atoms with Crippen LogP contribution in [-0.2, 0) is 14.5 Å². The molecule has 0 bridgehead atoms. The molecule has 4 rings (SSSR count). The SMILES string of the molecule is c1ccc([C@@H]2OO[C@H](C3CCCCC3)[C@H]3O[C@H]32)cc1. The summed E-state index contributed by atoms with van der Waals surface area (Å²) in [4.78, 5) is 11.4. The fraction of sp³-hybridized carbons (Fsp3) is 0.625. The Morgan fingerprint density at radius 1 is 0.789 bits per heavy atom. The van der Waals surface area contributed by atoms with Gasteiger partial charge in [-0.25, -0.2) is 9.78 Å². The molecule has 0 N–H and O–H groups in total.